The Labute approximate surface area is 175 Å². The second-order valence-corrected chi connectivity index (χ2v) is 8.71. The number of hydrogen-bond donors (Lipinski definition) is 0. The van der Waals surface area contributed by atoms with Crippen LogP contribution in [-0.2, 0) is 4.79 Å². The summed E-state index contributed by atoms with van der Waals surface area (Å²) in [6, 6.07) is 12.3. The average Bonchev–Trinajstić information content (AvgIpc) is 3.19. The lowest BCUT2D eigenvalue weighted by atomic mass is 9.88. The van der Waals surface area contributed by atoms with Gasteiger partial charge in [0.05, 0.1) is 7.11 Å². The van der Waals surface area contributed by atoms with Crippen molar-refractivity contribution in [2.75, 3.05) is 7.11 Å². The van der Waals surface area contributed by atoms with E-state index in [1.54, 1.807) is 24.3 Å². The van der Waals surface area contributed by atoms with Crippen molar-refractivity contribution >= 4 is 22.7 Å². The van der Waals surface area contributed by atoms with Crippen molar-refractivity contribution in [1.29, 1.82) is 0 Å². The molecule has 4 nitrogen and oxygen atoms in total. The number of rotatable bonds is 4. The number of aryl methyl sites for hydroxylation is 1. The van der Waals surface area contributed by atoms with E-state index in [4.69, 9.17) is 9.84 Å². The van der Waals surface area contributed by atoms with Crippen molar-refractivity contribution in [2.45, 2.75) is 44.4 Å². The van der Waals surface area contributed by atoms with E-state index in [0.717, 1.165) is 53.2 Å². The Morgan fingerprint density at radius 3 is 2.55 bits per heavy atom. The van der Waals surface area contributed by atoms with Gasteiger partial charge < -0.3 is 4.74 Å². The summed E-state index contributed by atoms with van der Waals surface area (Å²) in [5, 5.41) is 6.77. The Morgan fingerprint density at radius 1 is 1.14 bits per heavy atom. The Hall–Kier alpha value is -2.34. The molecule has 1 heterocycles. The van der Waals surface area contributed by atoms with Crippen molar-refractivity contribution < 1.29 is 13.9 Å². The van der Waals surface area contributed by atoms with Gasteiger partial charge in [0, 0.05) is 17.0 Å². The third kappa shape index (κ3) is 4.17. The molecule has 2 aromatic rings. The maximum atomic E-state index is 13.4. The van der Waals surface area contributed by atoms with E-state index in [1.807, 2.05) is 25.1 Å². The molecular formula is C23H25FN2O2S. The lowest BCUT2D eigenvalue weighted by molar-refractivity contribution is -0.137. The van der Waals surface area contributed by atoms with Crippen LogP contribution in [0.5, 0.6) is 5.75 Å². The Morgan fingerprint density at radius 2 is 1.86 bits per heavy atom. The molecule has 1 unspecified atom stereocenters. The average molecular weight is 413 g/mol. The van der Waals surface area contributed by atoms with Crippen molar-refractivity contribution in [2.24, 2.45) is 11.0 Å². The topological polar surface area (TPSA) is 41.9 Å². The van der Waals surface area contributed by atoms with Gasteiger partial charge in [0.2, 0.25) is 5.91 Å². The first kappa shape index (κ1) is 20.0. The summed E-state index contributed by atoms with van der Waals surface area (Å²) in [4.78, 5) is 13.4. The molecule has 1 aliphatic heterocycles. The number of benzene rings is 2. The molecule has 1 aliphatic carbocycles. The zero-order valence-electron chi connectivity index (χ0n) is 16.7. The number of ether oxygens (including phenoxy) is 1. The van der Waals surface area contributed by atoms with E-state index in [0.29, 0.717) is 0 Å². The normalized spacial score (nSPS) is 19.9. The summed E-state index contributed by atoms with van der Waals surface area (Å²) in [7, 11) is 1.65. The molecule has 6 heteroatoms. The fraction of sp³-hybridized carbons (Fsp3) is 0.391. The molecule has 0 spiro atoms. The Balaban J connectivity index is 1.71. The van der Waals surface area contributed by atoms with Crippen LogP contribution in [0.15, 0.2) is 47.6 Å². The van der Waals surface area contributed by atoms with Gasteiger partial charge in [-0.05, 0) is 55.7 Å². The summed E-state index contributed by atoms with van der Waals surface area (Å²) in [6.45, 7) is 2.01. The van der Waals surface area contributed by atoms with Gasteiger partial charge in [-0.2, -0.15) is 5.10 Å². The van der Waals surface area contributed by atoms with Crippen molar-refractivity contribution in [3.8, 4) is 5.75 Å². The summed E-state index contributed by atoms with van der Waals surface area (Å²) >= 11 is 1.51. The molecule has 4 rings (SSSR count). The van der Waals surface area contributed by atoms with Gasteiger partial charge in [-0.3, -0.25) is 4.79 Å². The first-order valence-corrected chi connectivity index (χ1v) is 10.9. The molecule has 0 aromatic heterocycles. The van der Waals surface area contributed by atoms with E-state index < -0.39 is 0 Å². The van der Waals surface area contributed by atoms with Gasteiger partial charge in [-0.25, -0.2) is 9.40 Å². The van der Waals surface area contributed by atoms with E-state index in [9.17, 15) is 9.18 Å². The minimum atomic E-state index is -0.292. The van der Waals surface area contributed by atoms with Crippen LogP contribution >= 0.6 is 11.8 Å². The number of carbonyl (C=O) groups excluding carboxylic acids is 1. The summed E-state index contributed by atoms with van der Waals surface area (Å²) in [6.07, 6.45) is 5.20. The SMILES string of the molecule is COc1cc(C)ccc1C1SC(c2ccc(F)cc2)=NN1C(=O)C1CCCCC1. The number of halogens is 1. The largest absolute Gasteiger partial charge is 0.496 e. The third-order valence-electron chi connectivity index (χ3n) is 5.57. The lowest BCUT2D eigenvalue weighted by Gasteiger charge is -2.28. The number of carbonyl (C=O) groups is 1. The lowest BCUT2D eigenvalue weighted by Crippen LogP contribution is -2.33. The summed E-state index contributed by atoms with van der Waals surface area (Å²) in [5.41, 5.74) is 2.83. The van der Waals surface area contributed by atoms with Gasteiger partial charge in [0.1, 0.15) is 22.0 Å². The summed E-state index contributed by atoms with van der Waals surface area (Å²) in [5.74, 6) is 0.547. The molecular weight excluding hydrogens is 387 g/mol. The van der Waals surface area contributed by atoms with Crippen LogP contribution in [0.2, 0.25) is 0 Å². The van der Waals surface area contributed by atoms with Gasteiger partial charge in [0.25, 0.3) is 0 Å². The third-order valence-corrected chi connectivity index (χ3v) is 6.79. The van der Waals surface area contributed by atoms with Gasteiger partial charge >= 0.3 is 0 Å². The van der Waals surface area contributed by atoms with Crippen molar-refractivity contribution in [3.63, 3.8) is 0 Å². The molecule has 29 heavy (non-hydrogen) atoms. The number of methoxy groups -OCH3 is 1. The zero-order valence-corrected chi connectivity index (χ0v) is 17.5. The molecule has 1 atom stereocenters. The highest BCUT2D eigenvalue weighted by Gasteiger charge is 2.38. The highest BCUT2D eigenvalue weighted by Crippen LogP contribution is 2.46. The minimum absolute atomic E-state index is 0.0135. The van der Waals surface area contributed by atoms with Crippen molar-refractivity contribution in [1.82, 2.24) is 5.01 Å². The van der Waals surface area contributed by atoms with Crippen LogP contribution < -0.4 is 4.74 Å². The maximum Gasteiger partial charge on any atom is 0.247 e. The molecule has 2 aromatic carbocycles. The van der Waals surface area contributed by atoms with E-state index in [1.165, 1.54) is 30.3 Å². The molecule has 2 aliphatic rings. The summed E-state index contributed by atoms with van der Waals surface area (Å²) < 4.78 is 19.0. The van der Waals surface area contributed by atoms with Crippen LogP contribution in [-0.4, -0.2) is 23.1 Å². The van der Waals surface area contributed by atoms with Gasteiger partial charge in [-0.15, -0.1) is 0 Å². The minimum Gasteiger partial charge on any atom is -0.496 e. The smallest absolute Gasteiger partial charge is 0.247 e. The molecule has 152 valence electrons. The van der Waals surface area contributed by atoms with Crippen LogP contribution in [0, 0.1) is 18.7 Å². The molecule has 1 amide bonds. The number of thioether (sulfide) groups is 1. The van der Waals surface area contributed by atoms with E-state index in [-0.39, 0.29) is 23.0 Å². The molecule has 1 fully saturated rings. The van der Waals surface area contributed by atoms with Crippen molar-refractivity contribution in [3.05, 3.63) is 65.0 Å². The van der Waals surface area contributed by atoms with E-state index >= 15 is 0 Å². The molecule has 1 saturated carbocycles. The molecule has 0 radical (unpaired) electrons. The predicted molar refractivity (Wildman–Crippen MR) is 114 cm³/mol. The highest BCUT2D eigenvalue weighted by atomic mass is 32.2. The molecule has 0 N–H and O–H groups in total. The fourth-order valence-corrected chi connectivity index (χ4v) is 5.16. The number of hydrogen-bond acceptors (Lipinski definition) is 4. The van der Waals surface area contributed by atoms with Crippen LogP contribution in [0.4, 0.5) is 4.39 Å². The maximum absolute atomic E-state index is 13.4. The van der Waals surface area contributed by atoms with Gasteiger partial charge in [0.15, 0.2) is 0 Å². The molecule has 0 bridgehead atoms. The second-order valence-electron chi connectivity index (χ2n) is 7.65. The Kier molecular flexibility index (Phi) is 5.90. The number of nitrogens with zero attached hydrogens (tertiary/aromatic N) is 2. The first-order chi connectivity index (χ1) is 14.1. The Bertz CT molecular complexity index is 923. The zero-order chi connectivity index (χ0) is 20.4. The fourth-order valence-electron chi connectivity index (χ4n) is 3.97. The molecule has 0 saturated heterocycles. The van der Waals surface area contributed by atoms with Crippen LogP contribution in [0.25, 0.3) is 0 Å². The number of amides is 1. The van der Waals surface area contributed by atoms with Crippen LogP contribution in [0.3, 0.4) is 0 Å². The van der Waals surface area contributed by atoms with Gasteiger partial charge in [-0.1, -0.05) is 43.2 Å². The standard InChI is InChI=1S/C23H25FN2O2S/c1-15-8-13-19(20(14-15)28-2)23-26(22(27)17-6-4-3-5-7-17)25-21(29-23)16-9-11-18(24)12-10-16/h8-14,17,23H,3-7H2,1-2H3. The first-order valence-electron chi connectivity index (χ1n) is 10.1. The monoisotopic (exact) mass is 412 g/mol. The highest BCUT2D eigenvalue weighted by molar-refractivity contribution is 8.14. The van der Waals surface area contributed by atoms with E-state index in [2.05, 4.69) is 0 Å². The second kappa shape index (κ2) is 8.57. The predicted octanol–water partition coefficient (Wildman–Crippen LogP) is 5.66. The van der Waals surface area contributed by atoms with Crippen LogP contribution in [0.1, 0.15) is 54.2 Å². The number of hydrazone groups is 1. The quantitative estimate of drug-likeness (QED) is 0.651.